The first-order valence-electron chi connectivity index (χ1n) is 6.52. The Hall–Kier alpha value is -1.91. The number of carbonyl (C=O) groups is 2. The lowest BCUT2D eigenvalue weighted by molar-refractivity contribution is -0.136. The van der Waals surface area contributed by atoms with Crippen molar-refractivity contribution in [3.8, 4) is 0 Å². The van der Waals surface area contributed by atoms with Crippen LogP contribution >= 0.6 is 0 Å². The van der Waals surface area contributed by atoms with Crippen LogP contribution in [0.3, 0.4) is 0 Å². The average molecular weight is 264 g/mol. The monoisotopic (exact) mass is 264 g/mol. The molecule has 0 heterocycles. The van der Waals surface area contributed by atoms with Gasteiger partial charge in [-0.05, 0) is 37.1 Å². The highest BCUT2D eigenvalue weighted by atomic mass is 19.1. The van der Waals surface area contributed by atoms with E-state index in [-0.39, 0.29) is 11.9 Å². The molecule has 4 nitrogen and oxygen atoms in total. The predicted octanol–water partition coefficient (Wildman–Crippen LogP) is 2.21. The summed E-state index contributed by atoms with van der Waals surface area (Å²) in [6, 6.07) is 5.39. The summed E-state index contributed by atoms with van der Waals surface area (Å²) in [5.41, 5.74) is 0.408. The van der Waals surface area contributed by atoms with Crippen LogP contribution in [0, 0.1) is 5.82 Å². The van der Waals surface area contributed by atoms with E-state index in [4.69, 9.17) is 0 Å². The lowest BCUT2D eigenvalue weighted by Crippen LogP contribution is -2.42. The van der Waals surface area contributed by atoms with Crippen LogP contribution in [-0.4, -0.2) is 17.9 Å². The Morgan fingerprint density at radius 3 is 2.26 bits per heavy atom. The standard InChI is InChI=1S/C14H17FN2O2/c15-10-6-8-12(9-7-10)17-14(19)13(18)16-11-4-2-1-3-5-11/h6-9,11H,1-5H2,(H,16,18)(H,17,19). The fourth-order valence-corrected chi connectivity index (χ4v) is 2.22. The van der Waals surface area contributed by atoms with E-state index >= 15 is 0 Å². The van der Waals surface area contributed by atoms with Crippen molar-refractivity contribution in [2.75, 3.05) is 5.32 Å². The van der Waals surface area contributed by atoms with Crippen LogP contribution in [-0.2, 0) is 9.59 Å². The van der Waals surface area contributed by atoms with Gasteiger partial charge in [-0.3, -0.25) is 9.59 Å². The summed E-state index contributed by atoms with van der Waals surface area (Å²) in [6.45, 7) is 0. The maximum absolute atomic E-state index is 12.7. The van der Waals surface area contributed by atoms with Crippen molar-refractivity contribution in [2.24, 2.45) is 0 Å². The number of rotatable bonds is 2. The summed E-state index contributed by atoms with van der Waals surface area (Å²) in [7, 11) is 0. The molecular formula is C14H17FN2O2. The SMILES string of the molecule is O=C(Nc1ccc(F)cc1)C(=O)NC1CCCCC1. The molecule has 0 aliphatic heterocycles. The molecular weight excluding hydrogens is 247 g/mol. The number of carbonyl (C=O) groups excluding carboxylic acids is 2. The molecule has 1 aliphatic carbocycles. The maximum Gasteiger partial charge on any atom is 0.313 e. The van der Waals surface area contributed by atoms with Crippen LogP contribution in [0.4, 0.5) is 10.1 Å². The van der Waals surface area contributed by atoms with Crippen molar-refractivity contribution in [1.82, 2.24) is 5.32 Å². The Morgan fingerprint density at radius 1 is 1.00 bits per heavy atom. The molecule has 0 spiro atoms. The van der Waals surface area contributed by atoms with E-state index in [0.29, 0.717) is 5.69 Å². The van der Waals surface area contributed by atoms with E-state index < -0.39 is 11.8 Å². The molecule has 2 N–H and O–H groups in total. The highest BCUT2D eigenvalue weighted by Crippen LogP contribution is 2.17. The summed E-state index contributed by atoms with van der Waals surface area (Å²) < 4.78 is 12.7. The van der Waals surface area contributed by atoms with Gasteiger partial charge in [-0.15, -0.1) is 0 Å². The molecule has 1 aliphatic rings. The number of amides is 2. The Labute approximate surface area is 111 Å². The molecule has 0 atom stereocenters. The second-order valence-corrected chi connectivity index (χ2v) is 4.77. The third kappa shape index (κ3) is 4.05. The Kier molecular flexibility index (Phi) is 4.49. The van der Waals surface area contributed by atoms with Crippen molar-refractivity contribution in [3.63, 3.8) is 0 Å². The topological polar surface area (TPSA) is 58.2 Å². The lowest BCUT2D eigenvalue weighted by Gasteiger charge is -2.22. The molecule has 1 saturated carbocycles. The van der Waals surface area contributed by atoms with Crippen molar-refractivity contribution >= 4 is 17.5 Å². The molecule has 0 aromatic heterocycles. The number of benzene rings is 1. The summed E-state index contributed by atoms with van der Waals surface area (Å²) in [5.74, 6) is -1.72. The normalized spacial score (nSPS) is 15.8. The van der Waals surface area contributed by atoms with Crippen LogP contribution in [0.2, 0.25) is 0 Å². The maximum atomic E-state index is 12.7. The first kappa shape index (κ1) is 13.5. The predicted molar refractivity (Wildman–Crippen MR) is 70.0 cm³/mol. The van der Waals surface area contributed by atoms with E-state index in [1.165, 1.54) is 30.7 Å². The molecule has 19 heavy (non-hydrogen) atoms. The highest BCUT2D eigenvalue weighted by Gasteiger charge is 2.20. The molecule has 0 unspecified atom stereocenters. The Morgan fingerprint density at radius 2 is 1.63 bits per heavy atom. The van der Waals surface area contributed by atoms with Gasteiger partial charge < -0.3 is 10.6 Å². The molecule has 1 aromatic rings. The molecule has 102 valence electrons. The van der Waals surface area contributed by atoms with Gasteiger partial charge >= 0.3 is 11.8 Å². The van der Waals surface area contributed by atoms with Gasteiger partial charge in [0.15, 0.2) is 0 Å². The molecule has 0 saturated heterocycles. The number of nitrogens with one attached hydrogen (secondary N) is 2. The van der Waals surface area contributed by atoms with Crippen LogP contribution in [0.15, 0.2) is 24.3 Å². The molecule has 0 radical (unpaired) electrons. The van der Waals surface area contributed by atoms with Crippen LogP contribution < -0.4 is 10.6 Å². The summed E-state index contributed by atoms with van der Waals surface area (Å²) in [4.78, 5) is 23.3. The minimum absolute atomic E-state index is 0.0974. The van der Waals surface area contributed by atoms with Crippen LogP contribution in [0.25, 0.3) is 0 Å². The fourth-order valence-electron chi connectivity index (χ4n) is 2.22. The first-order valence-corrected chi connectivity index (χ1v) is 6.52. The fraction of sp³-hybridized carbons (Fsp3) is 0.429. The molecule has 2 rings (SSSR count). The summed E-state index contributed by atoms with van der Waals surface area (Å²) in [5, 5.41) is 5.17. The summed E-state index contributed by atoms with van der Waals surface area (Å²) >= 11 is 0. The van der Waals surface area contributed by atoms with Gasteiger partial charge in [0.05, 0.1) is 0 Å². The second kappa shape index (κ2) is 6.31. The number of anilines is 1. The van der Waals surface area contributed by atoms with Crippen LogP contribution in [0.1, 0.15) is 32.1 Å². The average Bonchev–Trinajstić information content (AvgIpc) is 2.42. The number of hydrogen-bond donors (Lipinski definition) is 2. The van der Waals surface area contributed by atoms with Gasteiger partial charge in [-0.25, -0.2) is 4.39 Å². The van der Waals surface area contributed by atoms with Crippen LogP contribution in [0.5, 0.6) is 0 Å². The van der Waals surface area contributed by atoms with Gasteiger partial charge in [-0.1, -0.05) is 19.3 Å². The minimum atomic E-state index is -0.711. The van der Waals surface area contributed by atoms with E-state index in [2.05, 4.69) is 10.6 Å². The van der Waals surface area contributed by atoms with E-state index in [1.54, 1.807) is 0 Å². The molecule has 1 fully saturated rings. The zero-order chi connectivity index (χ0) is 13.7. The molecule has 1 aromatic carbocycles. The van der Waals surface area contributed by atoms with Gasteiger partial charge in [0.1, 0.15) is 5.82 Å². The molecule has 0 bridgehead atoms. The van der Waals surface area contributed by atoms with Gasteiger partial charge in [0.25, 0.3) is 0 Å². The van der Waals surface area contributed by atoms with Crippen molar-refractivity contribution < 1.29 is 14.0 Å². The van der Waals surface area contributed by atoms with Crippen molar-refractivity contribution in [3.05, 3.63) is 30.1 Å². The van der Waals surface area contributed by atoms with Gasteiger partial charge in [0, 0.05) is 11.7 Å². The highest BCUT2D eigenvalue weighted by molar-refractivity contribution is 6.39. The smallest absolute Gasteiger partial charge is 0.313 e. The largest absolute Gasteiger partial charge is 0.345 e. The molecule has 5 heteroatoms. The number of hydrogen-bond acceptors (Lipinski definition) is 2. The van der Waals surface area contributed by atoms with Crippen molar-refractivity contribution in [2.45, 2.75) is 38.1 Å². The lowest BCUT2D eigenvalue weighted by atomic mass is 9.95. The van der Waals surface area contributed by atoms with Gasteiger partial charge in [-0.2, -0.15) is 0 Å². The zero-order valence-electron chi connectivity index (χ0n) is 10.6. The zero-order valence-corrected chi connectivity index (χ0v) is 10.6. The molecule has 2 amide bonds. The van der Waals surface area contributed by atoms with Crippen molar-refractivity contribution in [1.29, 1.82) is 0 Å². The van der Waals surface area contributed by atoms with E-state index in [1.807, 2.05) is 0 Å². The minimum Gasteiger partial charge on any atom is -0.345 e. The van der Waals surface area contributed by atoms with E-state index in [9.17, 15) is 14.0 Å². The number of halogens is 1. The Bertz CT molecular complexity index is 453. The first-order chi connectivity index (χ1) is 9.15. The Balaban J connectivity index is 1.84. The third-order valence-electron chi connectivity index (χ3n) is 3.25. The van der Waals surface area contributed by atoms with E-state index in [0.717, 1.165) is 25.7 Å². The quantitative estimate of drug-likeness (QED) is 0.805. The third-order valence-corrected chi connectivity index (χ3v) is 3.25. The summed E-state index contributed by atoms with van der Waals surface area (Å²) in [6.07, 6.45) is 5.22. The second-order valence-electron chi connectivity index (χ2n) is 4.77. The van der Waals surface area contributed by atoms with Gasteiger partial charge in [0.2, 0.25) is 0 Å².